The Morgan fingerprint density at radius 2 is 1.00 bits per heavy atom. The molecule has 0 unspecified atom stereocenters. The molecule has 0 aliphatic rings. The molecule has 0 saturated heterocycles. The smallest absolute Gasteiger partial charge is 0.0894 e. The lowest BCUT2D eigenvalue weighted by atomic mass is 10.1. The van der Waals surface area contributed by atoms with Crippen molar-refractivity contribution in [3.63, 3.8) is 0 Å². The number of hydrogen-bond donors (Lipinski definition) is 0. The zero-order valence-corrected chi connectivity index (χ0v) is 9.89. The van der Waals surface area contributed by atoms with Crippen LogP contribution in [0.15, 0.2) is 72.5 Å². The molecule has 0 bridgehead atoms. The van der Waals surface area contributed by atoms with Crippen LogP contribution in [0.3, 0.4) is 0 Å². The second-order valence-electron chi connectivity index (χ2n) is 3.87. The van der Waals surface area contributed by atoms with Crippen LogP contribution in [0.1, 0.15) is 16.4 Å². The molecule has 94 valence electrons. The van der Waals surface area contributed by atoms with Crippen LogP contribution in [-0.2, 0) is 0 Å². The maximum absolute atomic E-state index is 8.32. The van der Waals surface area contributed by atoms with Crippen LogP contribution in [0.25, 0.3) is 33.2 Å². The second-order valence-corrected chi connectivity index (χ2v) is 3.87. The van der Waals surface area contributed by atoms with Gasteiger partial charge in [0.05, 0.1) is 38.9 Å². The summed E-state index contributed by atoms with van der Waals surface area (Å²) in [7, 11) is 0. The Morgan fingerprint density at radius 3 is 1.50 bits per heavy atom. The van der Waals surface area contributed by atoms with Gasteiger partial charge in [-0.1, -0.05) is 48.3 Å². The summed E-state index contributed by atoms with van der Waals surface area (Å²) in [4.78, 5) is 8.19. The average Bonchev–Trinajstić information content (AvgIpc) is 2.76. The van der Waals surface area contributed by atoms with Gasteiger partial charge in [0, 0.05) is 10.8 Å². The first-order valence-electron chi connectivity index (χ1n) is 11.6. The predicted octanol–water partition coefficient (Wildman–Crippen LogP) is 4.45. The van der Waals surface area contributed by atoms with Crippen LogP contribution in [0.5, 0.6) is 0 Å². The van der Waals surface area contributed by atoms with Gasteiger partial charge in [-0.3, -0.25) is 0 Å². The molecule has 0 radical (unpaired) electrons. The van der Waals surface area contributed by atoms with Crippen molar-refractivity contribution in [1.82, 2.24) is 9.97 Å². The highest BCUT2D eigenvalue weighted by Gasteiger charge is 2.03. The zero-order valence-electron chi connectivity index (χ0n) is 21.9. The molecule has 0 aliphatic carbocycles. The number of fused-ring (bicyclic) bond motifs is 2. The van der Waals surface area contributed by atoms with Crippen LogP contribution < -0.4 is 0 Å². The lowest BCUT2D eigenvalue weighted by Gasteiger charge is -2.04. The van der Waals surface area contributed by atoms with Crippen LogP contribution >= 0.6 is 0 Å². The summed E-state index contributed by atoms with van der Waals surface area (Å²) in [6, 6.07) is -6.84. The molecule has 0 amide bonds. The van der Waals surface area contributed by atoms with Crippen molar-refractivity contribution in [2.45, 2.75) is 0 Å². The molecule has 4 rings (SSSR count). The molecule has 2 aromatic heterocycles. The lowest BCUT2D eigenvalue weighted by Crippen LogP contribution is -1.89. The standard InChI is InChI=1S/C18H12N2/c1-3-7-15-13(5-1)9-11-17(19-15)18-12-10-14-6-2-4-8-16(14)20-18/h1-12H/i1D,2D,3D,4D,5D,6D,7D,8D,9D,10D,11D,12D. The number of rotatable bonds is 1. The number of benzene rings is 2. The van der Waals surface area contributed by atoms with Gasteiger partial charge in [0.15, 0.2) is 0 Å². The first-order valence-corrected chi connectivity index (χ1v) is 5.64. The fourth-order valence-electron chi connectivity index (χ4n) is 1.71. The highest BCUT2D eigenvalue weighted by molar-refractivity contribution is 5.83. The molecular formula is C18H12N2. The first-order chi connectivity index (χ1) is 14.9. The van der Waals surface area contributed by atoms with Gasteiger partial charge in [-0.2, -0.15) is 0 Å². The maximum Gasteiger partial charge on any atom is 0.0894 e. The minimum absolute atomic E-state index is 0.273. The summed E-state index contributed by atoms with van der Waals surface area (Å²) in [6.07, 6.45) is 0. The topological polar surface area (TPSA) is 25.8 Å². The first kappa shape index (κ1) is 4.38. The Hall–Kier alpha value is -2.74. The minimum Gasteiger partial charge on any atom is -0.246 e. The van der Waals surface area contributed by atoms with Crippen LogP contribution in [-0.4, -0.2) is 9.97 Å². The number of para-hydroxylation sites is 2. The fraction of sp³-hybridized carbons (Fsp3) is 0. The summed E-state index contributed by atoms with van der Waals surface area (Å²) in [5.74, 6) is 0. The van der Waals surface area contributed by atoms with E-state index in [4.69, 9.17) is 16.4 Å². The Morgan fingerprint density at radius 1 is 0.550 bits per heavy atom. The molecule has 2 heterocycles. The molecule has 0 saturated carbocycles. The van der Waals surface area contributed by atoms with E-state index in [0.29, 0.717) is 0 Å². The van der Waals surface area contributed by atoms with Crippen molar-refractivity contribution < 1.29 is 16.4 Å². The van der Waals surface area contributed by atoms with E-state index in [2.05, 4.69) is 9.97 Å². The van der Waals surface area contributed by atoms with Gasteiger partial charge < -0.3 is 0 Å². The van der Waals surface area contributed by atoms with Gasteiger partial charge in [0.25, 0.3) is 0 Å². The Bertz CT molecular complexity index is 1390. The van der Waals surface area contributed by atoms with E-state index in [1.165, 1.54) is 0 Å². The molecule has 4 aromatic rings. The fourth-order valence-corrected chi connectivity index (χ4v) is 1.71. The van der Waals surface area contributed by atoms with E-state index in [0.717, 1.165) is 0 Å². The Balaban J connectivity index is 2.20. The van der Waals surface area contributed by atoms with E-state index in [1.807, 2.05) is 0 Å². The highest BCUT2D eigenvalue weighted by Crippen LogP contribution is 2.21. The summed E-state index contributed by atoms with van der Waals surface area (Å²) < 4.78 is 96.6. The van der Waals surface area contributed by atoms with Gasteiger partial charge in [0.2, 0.25) is 0 Å². The van der Waals surface area contributed by atoms with Gasteiger partial charge in [-0.25, -0.2) is 9.97 Å². The maximum atomic E-state index is 8.32. The van der Waals surface area contributed by atoms with Crippen molar-refractivity contribution in [1.29, 1.82) is 0 Å². The molecule has 0 atom stereocenters. The molecule has 2 nitrogen and oxygen atoms in total. The molecule has 20 heavy (non-hydrogen) atoms. The molecule has 2 aromatic carbocycles. The Labute approximate surface area is 133 Å². The summed E-state index contributed by atoms with van der Waals surface area (Å²) in [5.41, 5.74) is -1.43. The summed E-state index contributed by atoms with van der Waals surface area (Å²) in [5, 5.41) is -0.546. The van der Waals surface area contributed by atoms with Crippen molar-refractivity contribution in [2.75, 3.05) is 0 Å². The number of aromatic nitrogens is 2. The van der Waals surface area contributed by atoms with E-state index in [1.54, 1.807) is 0 Å². The van der Waals surface area contributed by atoms with Gasteiger partial charge in [-0.15, -0.1) is 0 Å². The second kappa shape index (κ2) is 4.42. The predicted molar refractivity (Wildman–Crippen MR) is 82.5 cm³/mol. The zero-order chi connectivity index (χ0) is 23.8. The molecule has 0 N–H and O–H groups in total. The largest absolute Gasteiger partial charge is 0.246 e. The van der Waals surface area contributed by atoms with E-state index >= 15 is 0 Å². The van der Waals surface area contributed by atoms with Crippen molar-refractivity contribution in [3.05, 3.63) is 72.5 Å². The third kappa shape index (κ3) is 1.82. The number of nitrogens with zero attached hydrogens (tertiary/aromatic N) is 2. The average molecular weight is 268 g/mol. The van der Waals surface area contributed by atoms with Crippen LogP contribution in [0.4, 0.5) is 0 Å². The van der Waals surface area contributed by atoms with Crippen molar-refractivity contribution in [3.8, 4) is 11.4 Å². The van der Waals surface area contributed by atoms with Gasteiger partial charge in [-0.05, 0) is 24.2 Å². The number of pyridine rings is 2. The van der Waals surface area contributed by atoms with Crippen molar-refractivity contribution >= 4 is 21.8 Å². The van der Waals surface area contributed by atoms with E-state index < -0.39 is 83.9 Å². The normalized spacial score (nSPS) is 19.4. The Kier molecular flexibility index (Phi) is 0.970. The summed E-state index contributed by atoms with van der Waals surface area (Å²) in [6.45, 7) is 0. The molecule has 0 spiro atoms. The lowest BCUT2D eigenvalue weighted by molar-refractivity contribution is 1.32. The molecule has 0 fully saturated rings. The SMILES string of the molecule is [2H]c1c([2H])c([2H])c2c([2H])c([2H])c(-c3nc4c([2H])c([2H])c([2H])c([2H])c4c([2H])c3[2H])nc2c1[2H]. The third-order valence-electron chi connectivity index (χ3n) is 2.62. The van der Waals surface area contributed by atoms with Gasteiger partial charge in [0.1, 0.15) is 0 Å². The van der Waals surface area contributed by atoms with Crippen molar-refractivity contribution in [2.24, 2.45) is 0 Å². The van der Waals surface area contributed by atoms with Gasteiger partial charge >= 0.3 is 0 Å². The minimum atomic E-state index is -0.594. The molecule has 2 heteroatoms. The molecule has 0 aliphatic heterocycles. The third-order valence-corrected chi connectivity index (χ3v) is 2.62. The number of hydrogen-bond acceptors (Lipinski definition) is 2. The summed E-state index contributed by atoms with van der Waals surface area (Å²) >= 11 is 0. The molecular weight excluding hydrogens is 244 g/mol. The quantitative estimate of drug-likeness (QED) is 0.509. The monoisotopic (exact) mass is 268 g/mol. The van der Waals surface area contributed by atoms with E-state index in [-0.39, 0.29) is 21.8 Å². The van der Waals surface area contributed by atoms with Crippen LogP contribution in [0, 0.1) is 0 Å². The highest BCUT2D eigenvalue weighted by atomic mass is 14.8. The van der Waals surface area contributed by atoms with E-state index in [9.17, 15) is 0 Å². The van der Waals surface area contributed by atoms with Crippen LogP contribution in [0.2, 0.25) is 0 Å².